The molecule has 0 aliphatic rings. The van der Waals surface area contributed by atoms with Crippen LogP contribution in [0.5, 0.6) is 0 Å². The quantitative estimate of drug-likeness (QED) is 0.620. The number of nitrogens with one attached hydrogen (secondary N) is 2. The number of hydrogen-bond donors (Lipinski definition) is 2. The predicted molar refractivity (Wildman–Crippen MR) is 58.8 cm³/mol. The minimum atomic E-state index is 0.0561. The summed E-state index contributed by atoms with van der Waals surface area (Å²) in [6, 6.07) is 0.493. The van der Waals surface area contributed by atoms with Gasteiger partial charge in [-0.2, -0.15) is 0 Å². The first-order chi connectivity index (χ1) is 6.63. The molecule has 2 atom stereocenters. The molecule has 80 valence electrons. The van der Waals surface area contributed by atoms with E-state index in [-0.39, 0.29) is 11.9 Å². The molecule has 0 rings (SSSR count). The molecule has 0 radical (unpaired) electrons. The second-order valence-corrected chi connectivity index (χ2v) is 3.46. The van der Waals surface area contributed by atoms with Gasteiger partial charge in [-0.05, 0) is 13.3 Å². The van der Waals surface area contributed by atoms with Crippen LogP contribution in [0.25, 0.3) is 0 Å². The van der Waals surface area contributed by atoms with Crippen molar-refractivity contribution in [3.05, 3.63) is 0 Å². The van der Waals surface area contributed by atoms with Crippen molar-refractivity contribution in [1.82, 2.24) is 10.6 Å². The molecule has 0 saturated heterocycles. The lowest BCUT2D eigenvalue weighted by molar-refractivity contribution is -0.121. The van der Waals surface area contributed by atoms with Crippen molar-refractivity contribution in [2.75, 3.05) is 7.05 Å². The van der Waals surface area contributed by atoms with Crippen molar-refractivity contribution in [3.8, 4) is 12.3 Å². The van der Waals surface area contributed by atoms with E-state index in [1.54, 1.807) is 7.05 Å². The topological polar surface area (TPSA) is 41.1 Å². The van der Waals surface area contributed by atoms with E-state index in [0.717, 1.165) is 6.42 Å². The zero-order chi connectivity index (χ0) is 11.0. The largest absolute Gasteiger partial charge is 0.359 e. The normalized spacial score (nSPS) is 14.1. The summed E-state index contributed by atoms with van der Waals surface area (Å²) in [4.78, 5) is 11.1. The van der Waals surface area contributed by atoms with Gasteiger partial charge in [-0.15, -0.1) is 12.3 Å². The Morgan fingerprint density at radius 1 is 1.57 bits per heavy atom. The molecule has 0 fully saturated rings. The highest BCUT2D eigenvalue weighted by molar-refractivity contribution is 5.76. The van der Waals surface area contributed by atoms with Crippen LogP contribution in [0, 0.1) is 12.3 Å². The van der Waals surface area contributed by atoms with E-state index in [9.17, 15) is 4.79 Å². The van der Waals surface area contributed by atoms with E-state index in [2.05, 4.69) is 23.5 Å². The molecule has 0 aromatic heterocycles. The smallest absolute Gasteiger partial charge is 0.221 e. The zero-order valence-corrected chi connectivity index (χ0v) is 9.26. The molecule has 0 saturated carbocycles. The first-order valence-corrected chi connectivity index (χ1v) is 5.04. The fourth-order valence-corrected chi connectivity index (χ4v) is 1.30. The van der Waals surface area contributed by atoms with E-state index in [4.69, 9.17) is 6.42 Å². The Bertz CT molecular complexity index is 208. The molecular weight excluding hydrogens is 176 g/mol. The number of terminal acetylenes is 1. The van der Waals surface area contributed by atoms with E-state index in [0.29, 0.717) is 18.9 Å². The van der Waals surface area contributed by atoms with Gasteiger partial charge in [0.05, 0.1) is 0 Å². The third kappa shape index (κ3) is 5.60. The third-order valence-corrected chi connectivity index (χ3v) is 2.15. The summed E-state index contributed by atoms with van der Waals surface area (Å²) >= 11 is 0. The van der Waals surface area contributed by atoms with E-state index in [1.165, 1.54) is 0 Å². The number of rotatable bonds is 6. The van der Waals surface area contributed by atoms with Crippen LogP contribution in [0.15, 0.2) is 0 Å². The Morgan fingerprint density at radius 2 is 2.21 bits per heavy atom. The Balaban J connectivity index is 3.84. The summed E-state index contributed by atoms with van der Waals surface area (Å²) in [6.07, 6.45) is 7.44. The average molecular weight is 196 g/mol. The van der Waals surface area contributed by atoms with Crippen LogP contribution >= 0.6 is 0 Å². The molecule has 0 aromatic carbocycles. The van der Waals surface area contributed by atoms with Crippen molar-refractivity contribution < 1.29 is 4.79 Å². The fourth-order valence-electron chi connectivity index (χ4n) is 1.30. The van der Waals surface area contributed by atoms with Crippen LogP contribution < -0.4 is 10.6 Å². The van der Waals surface area contributed by atoms with Gasteiger partial charge in [0, 0.05) is 32.0 Å². The zero-order valence-electron chi connectivity index (χ0n) is 9.26. The van der Waals surface area contributed by atoms with Crippen LogP contribution in [-0.4, -0.2) is 25.0 Å². The average Bonchev–Trinajstić information content (AvgIpc) is 2.16. The van der Waals surface area contributed by atoms with E-state index in [1.807, 2.05) is 6.92 Å². The van der Waals surface area contributed by atoms with Crippen LogP contribution in [0.1, 0.15) is 33.1 Å². The summed E-state index contributed by atoms with van der Waals surface area (Å²) < 4.78 is 0. The van der Waals surface area contributed by atoms with Crippen molar-refractivity contribution >= 4 is 5.91 Å². The van der Waals surface area contributed by atoms with E-state index >= 15 is 0 Å². The number of amides is 1. The first kappa shape index (κ1) is 13.0. The molecule has 0 spiro atoms. The molecule has 3 nitrogen and oxygen atoms in total. The summed E-state index contributed by atoms with van der Waals surface area (Å²) in [7, 11) is 1.65. The minimum absolute atomic E-state index is 0.0561. The highest BCUT2D eigenvalue weighted by atomic mass is 16.1. The van der Waals surface area contributed by atoms with Gasteiger partial charge in [-0.1, -0.05) is 6.92 Å². The molecular formula is C11H20N2O. The molecule has 0 aliphatic heterocycles. The SMILES string of the molecule is C#CCC(CC)NC(C)CC(=O)NC. The molecule has 1 amide bonds. The maximum absolute atomic E-state index is 11.1. The van der Waals surface area contributed by atoms with E-state index < -0.39 is 0 Å². The third-order valence-electron chi connectivity index (χ3n) is 2.15. The maximum atomic E-state index is 11.1. The Labute approximate surface area is 86.6 Å². The van der Waals surface area contributed by atoms with Gasteiger partial charge >= 0.3 is 0 Å². The summed E-state index contributed by atoms with van der Waals surface area (Å²) in [5, 5.41) is 5.93. The Kier molecular flexibility index (Phi) is 6.87. The van der Waals surface area contributed by atoms with Gasteiger partial charge in [0.25, 0.3) is 0 Å². The standard InChI is InChI=1S/C11H20N2O/c1-5-7-10(6-2)13-9(3)8-11(14)12-4/h1,9-10,13H,6-8H2,2-4H3,(H,12,14). The van der Waals surface area contributed by atoms with Crippen molar-refractivity contribution in [2.45, 2.75) is 45.2 Å². The molecule has 3 heteroatoms. The molecule has 14 heavy (non-hydrogen) atoms. The molecule has 0 bridgehead atoms. The minimum Gasteiger partial charge on any atom is -0.359 e. The summed E-state index contributed by atoms with van der Waals surface area (Å²) in [5.41, 5.74) is 0. The van der Waals surface area contributed by atoms with Gasteiger partial charge in [0.1, 0.15) is 0 Å². The maximum Gasteiger partial charge on any atom is 0.221 e. The van der Waals surface area contributed by atoms with Gasteiger partial charge in [0.2, 0.25) is 5.91 Å². The van der Waals surface area contributed by atoms with Crippen molar-refractivity contribution in [1.29, 1.82) is 0 Å². The summed E-state index contributed by atoms with van der Waals surface area (Å²) in [5.74, 6) is 2.68. The number of hydrogen-bond acceptors (Lipinski definition) is 2. The predicted octanol–water partition coefficient (Wildman–Crippen LogP) is 0.902. The highest BCUT2D eigenvalue weighted by Gasteiger charge is 2.11. The Hall–Kier alpha value is -1.01. The number of carbonyl (C=O) groups is 1. The van der Waals surface area contributed by atoms with Gasteiger partial charge in [-0.3, -0.25) is 4.79 Å². The molecule has 2 unspecified atom stereocenters. The molecule has 0 aromatic rings. The fraction of sp³-hybridized carbons (Fsp3) is 0.727. The van der Waals surface area contributed by atoms with Crippen LogP contribution in [0.2, 0.25) is 0 Å². The van der Waals surface area contributed by atoms with Crippen molar-refractivity contribution in [2.24, 2.45) is 0 Å². The first-order valence-electron chi connectivity index (χ1n) is 5.04. The second-order valence-electron chi connectivity index (χ2n) is 3.46. The second kappa shape index (κ2) is 7.40. The lowest BCUT2D eigenvalue weighted by Gasteiger charge is -2.19. The van der Waals surface area contributed by atoms with Gasteiger partial charge in [0.15, 0.2) is 0 Å². The monoisotopic (exact) mass is 196 g/mol. The number of carbonyl (C=O) groups excluding carboxylic acids is 1. The highest BCUT2D eigenvalue weighted by Crippen LogP contribution is 2.00. The van der Waals surface area contributed by atoms with Crippen LogP contribution in [-0.2, 0) is 4.79 Å². The molecule has 2 N–H and O–H groups in total. The van der Waals surface area contributed by atoms with Crippen LogP contribution in [0.3, 0.4) is 0 Å². The lowest BCUT2D eigenvalue weighted by Crippen LogP contribution is -2.38. The Morgan fingerprint density at radius 3 is 2.64 bits per heavy atom. The van der Waals surface area contributed by atoms with Gasteiger partial charge < -0.3 is 10.6 Å². The lowest BCUT2D eigenvalue weighted by atomic mass is 10.1. The van der Waals surface area contributed by atoms with Gasteiger partial charge in [-0.25, -0.2) is 0 Å². The summed E-state index contributed by atoms with van der Waals surface area (Å²) in [6.45, 7) is 4.08. The molecule has 0 aliphatic carbocycles. The van der Waals surface area contributed by atoms with Crippen LogP contribution in [0.4, 0.5) is 0 Å². The molecule has 0 heterocycles. The van der Waals surface area contributed by atoms with Crippen molar-refractivity contribution in [3.63, 3.8) is 0 Å².